The average molecular weight is 489 g/mol. The van der Waals surface area contributed by atoms with Gasteiger partial charge in [-0.3, -0.25) is 0 Å². The van der Waals surface area contributed by atoms with E-state index < -0.39 is 17.8 Å². The van der Waals surface area contributed by atoms with Crippen molar-refractivity contribution in [2.24, 2.45) is 0 Å². The van der Waals surface area contributed by atoms with Gasteiger partial charge in [-0.1, -0.05) is 0 Å². The van der Waals surface area contributed by atoms with Crippen molar-refractivity contribution in [1.82, 2.24) is 19.9 Å². The number of aromatic nitrogens is 3. The normalized spacial score (nSPS) is 15.1. The molecule has 0 amide bonds. The van der Waals surface area contributed by atoms with Crippen molar-refractivity contribution in [2.45, 2.75) is 32.0 Å². The fourth-order valence-electron chi connectivity index (χ4n) is 4.10. The number of benzene rings is 1. The molecule has 1 saturated heterocycles. The van der Waals surface area contributed by atoms with Crippen molar-refractivity contribution < 1.29 is 13.2 Å². The summed E-state index contributed by atoms with van der Waals surface area (Å²) in [5, 5.41) is 7.27. The molecule has 0 unspecified atom stereocenters. The van der Waals surface area contributed by atoms with Crippen LogP contribution < -0.4 is 21.3 Å². The van der Waals surface area contributed by atoms with Crippen LogP contribution in [0.2, 0.25) is 0 Å². The number of nitrogens with zero attached hydrogens (tertiary/aromatic N) is 5. The van der Waals surface area contributed by atoms with Crippen LogP contribution in [0, 0.1) is 0 Å². The minimum absolute atomic E-state index is 0.0579. The Balaban J connectivity index is 1.70. The predicted molar refractivity (Wildman–Crippen MR) is 134 cm³/mol. The Morgan fingerprint density at radius 3 is 2.54 bits per heavy atom. The fraction of sp³-hybridized carbons (Fsp3) is 0.458. The lowest BCUT2D eigenvalue weighted by molar-refractivity contribution is -0.137. The molecule has 1 aromatic carbocycles. The summed E-state index contributed by atoms with van der Waals surface area (Å²) in [6, 6.07) is 5.06. The summed E-state index contributed by atoms with van der Waals surface area (Å²) in [4.78, 5) is 18.1. The Morgan fingerprint density at radius 1 is 1.11 bits per heavy atom. The quantitative estimate of drug-likeness (QED) is 0.403. The number of likely N-dealkylation sites (N-methyl/N-ethyl adjacent to an activating group) is 1. The molecule has 0 radical (unpaired) electrons. The Kier molecular flexibility index (Phi) is 7.15. The van der Waals surface area contributed by atoms with Crippen molar-refractivity contribution in [3.05, 3.63) is 41.6 Å². The van der Waals surface area contributed by atoms with Gasteiger partial charge in [0, 0.05) is 37.3 Å². The van der Waals surface area contributed by atoms with E-state index in [1.165, 1.54) is 0 Å². The molecule has 0 saturated carbocycles. The molecular formula is C24H31F3N8. The molecule has 1 atom stereocenters. The van der Waals surface area contributed by atoms with E-state index in [2.05, 4.69) is 30.5 Å². The molecule has 2 aromatic heterocycles. The van der Waals surface area contributed by atoms with Crippen LogP contribution in [0.5, 0.6) is 0 Å². The molecule has 0 spiro atoms. The van der Waals surface area contributed by atoms with Gasteiger partial charge in [0.1, 0.15) is 11.6 Å². The highest BCUT2D eigenvalue weighted by Gasteiger charge is 2.31. The first-order chi connectivity index (χ1) is 16.6. The molecule has 4 rings (SSSR count). The lowest BCUT2D eigenvalue weighted by Gasteiger charge is -2.21. The second-order valence-electron chi connectivity index (χ2n) is 9.13. The van der Waals surface area contributed by atoms with Crippen LogP contribution in [-0.4, -0.2) is 60.1 Å². The van der Waals surface area contributed by atoms with Crippen molar-refractivity contribution >= 4 is 34.2 Å². The number of nitrogen functional groups attached to an aromatic ring is 1. The third kappa shape index (κ3) is 6.02. The van der Waals surface area contributed by atoms with Gasteiger partial charge in [0.15, 0.2) is 0 Å². The first-order valence-corrected chi connectivity index (χ1v) is 11.7. The summed E-state index contributed by atoms with van der Waals surface area (Å²) in [6.45, 7) is 5.08. The number of rotatable bonds is 8. The van der Waals surface area contributed by atoms with Crippen LogP contribution in [0.3, 0.4) is 0 Å². The van der Waals surface area contributed by atoms with Crippen molar-refractivity contribution in [2.75, 3.05) is 61.5 Å². The first-order valence-electron chi connectivity index (χ1n) is 11.7. The van der Waals surface area contributed by atoms with Crippen LogP contribution in [0.25, 0.3) is 10.9 Å². The molecule has 188 valence electrons. The van der Waals surface area contributed by atoms with E-state index in [9.17, 15) is 13.2 Å². The summed E-state index contributed by atoms with van der Waals surface area (Å²) in [5.74, 6) is 1.79. The Labute approximate surface area is 202 Å². The molecule has 1 aliphatic rings. The van der Waals surface area contributed by atoms with E-state index in [1.54, 1.807) is 19.2 Å². The van der Waals surface area contributed by atoms with E-state index in [0.29, 0.717) is 29.4 Å². The highest BCUT2D eigenvalue weighted by Crippen LogP contribution is 2.34. The first kappa shape index (κ1) is 24.8. The van der Waals surface area contributed by atoms with Gasteiger partial charge in [-0.05, 0) is 63.7 Å². The molecule has 1 fully saturated rings. The maximum atomic E-state index is 13.3. The number of nitrogens with two attached hydrogens (primary N) is 1. The van der Waals surface area contributed by atoms with Gasteiger partial charge >= 0.3 is 6.18 Å². The summed E-state index contributed by atoms with van der Waals surface area (Å²) < 4.78 is 40.0. The Bertz CT molecular complexity index is 1180. The third-order valence-electron chi connectivity index (χ3n) is 6.00. The van der Waals surface area contributed by atoms with Crippen LogP contribution >= 0.6 is 0 Å². The maximum absolute atomic E-state index is 13.3. The molecule has 3 heterocycles. The van der Waals surface area contributed by atoms with Gasteiger partial charge < -0.3 is 26.2 Å². The third-order valence-corrected chi connectivity index (χ3v) is 6.00. The molecule has 35 heavy (non-hydrogen) atoms. The average Bonchev–Trinajstić information content (AvgIpc) is 3.32. The monoisotopic (exact) mass is 488 g/mol. The highest BCUT2D eigenvalue weighted by molar-refractivity contribution is 5.91. The van der Waals surface area contributed by atoms with Crippen molar-refractivity contribution in [3.63, 3.8) is 0 Å². The molecule has 0 aliphatic carbocycles. The zero-order valence-corrected chi connectivity index (χ0v) is 20.2. The van der Waals surface area contributed by atoms with E-state index >= 15 is 0 Å². The number of alkyl halides is 3. The number of hydrogen-bond acceptors (Lipinski definition) is 8. The number of nitrogens with one attached hydrogen (secondary N) is 2. The molecule has 4 N–H and O–H groups in total. The topological polar surface area (TPSA) is 95.2 Å². The molecular weight excluding hydrogens is 457 g/mol. The number of halogens is 3. The lowest BCUT2D eigenvalue weighted by Crippen LogP contribution is -2.22. The molecule has 3 aromatic rings. The Hall–Kier alpha value is -3.34. The summed E-state index contributed by atoms with van der Waals surface area (Å²) in [5.41, 5.74) is 6.13. The van der Waals surface area contributed by atoms with Gasteiger partial charge in [0.25, 0.3) is 0 Å². The van der Waals surface area contributed by atoms with Crippen LogP contribution in [-0.2, 0) is 6.18 Å². The second-order valence-corrected chi connectivity index (χ2v) is 9.13. The molecule has 1 aliphatic heterocycles. The summed E-state index contributed by atoms with van der Waals surface area (Å²) in [7, 11) is 3.95. The smallest absolute Gasteiger partial charge is 0.399 e. The largest absolute Gasteiger partial charge is 0.416 e. The standard InChI is InChI=1S/C24H31F3N8/c1-15(16-10-17(24(25,26)27)12-18(28)11-16)31-22-19-13-21(35-7-4-5-8-35)30-14-20(19)32-23(33-22)29-6-9-34(2)3/h10-15H,4-9,28H2,1-3H3,(H2,29,31,32,33)/t15-/m1/s1. The van der Waals surface area contributed by atoms with Gasteiger partial charge in [-0.2, -0.15) is 18.2 Å². The predicted octanol–water partition coefficient (Wildman–Crippen LogP) is 4.37. The number of hydrogen-bond donors (Lipinski definition) is 3. The second kappa shape index (κ2) is 10.1. The highest BCUT2D eigenvalue weighted by atomic mass is 19.4. The summed E-state index contributed by atoms with van der Waals surface area (Å²) in [6.07, 6.45) is -0.528. The molecule has 0 bridgehead atoms. The van der Waals surface area contributed by atoms with E-state index in [4.69, 9.17) is 5.73 Å². The van der Waals surface area contributed by atoms with Crippen molar-refractivity contribution in [1.29, 1.82) is 0 Å². The summed E-state index contributed by atoms with van der Waals surface area (Å²) >= 11 is 0. The molecule has 8 nitrogen and oxygen atoms in total. The zero-order chi connectivity index (χ0) is 25.2. The maximum Gasteiger partial charge on any atom is 0.416 e. The lowest BCUT2D eigenvalue weighted by atomic mass is 10.0. The van der Waals surface area contributed by atoms with Gasteiger partial charge in [0.05, 0.1) is 23.3 Å². The van der Waals surface area contributed by atoms with Crippen LogP contribution in [0.1, 0.15) is 36.9 Å². The SMILES string of the molecule is C[C@@H](Nc1nc(NCCN(C)C)nc2cnc(N3CCCC3)cc12)c1cc(N)cc(C(F)(F)F)c1. The zero-order valence-electron chi connectivity index (χ0n) is 20.2. The van der Waals surface area contributed by atoms with Crippen LogP contribution in [0.4, 0.5) is 36.4 Å². The number of fused-ring (bicyclic) bond motifs is 1. The van der Waals surface area contributed by atoms with Gasteiger partial charge in [-0.25, -0.2) is 9.97 Å². The van der Waals surface area contributed by atoms with E-state index in [1.807, 2.05) is 25.1 Å². The van der Waals surface area contributed by atoms with Crippen LogP contribution in [0.15, 0.2) is 30.5 Å². The minimum atomic E-state index is -4.48. The Morgan fingerprint density at radius 2 is 1.86 bits per heavy atom. The van der Waals surface area contributed by atoms with E-state index in [0.717, 1.165) is 55.8 Å². The van der Waals surface area contributed by atoms with E-state index in [-0.39, 0.29) is 5.69 Å². The number of pyridine rings is 1. The fourth-order valence-corrected chi connectivity index (χ4v) is 4.10. The minimum Gasteiger partial charge on any atom is -0.399 e. The van der Waals surface area contributed by atoms with Crippen molar-refractivity contribution in [3.8, 4) is 0 Å². The molecule has 11 heteroatoms. The van der Waals surface area contributed by atoms with Gasteiger partial charge in [0.2, 0.25) is 5.95 Å². The number of anilines is 4. The van der Waals surface area contributed by atoms with Gasteiger partial charge in [-0.15, -0.1) is 0 Å².